The third kappa shape index (κ3) is 6.49. The average Bonchev–Trinajstić information content (AvgIpc) is 3.10. The Morgan fingerprint density at radius 2 is 1.56 bits per heavy atom. The first-order valence-electron chi connectivity index (χ1n) is 12.6. The number of amides is 3. The number of hydrogen-bond acceptors (Lipinski definition) is 5. The highest BCUT2D eigenvalue weighted by molar-refractivity contribution is 7.90. The lowest BCUT2D eigenvalue weighted by molar-refractivity contribution is -0.141. The van der Waals surface area contributed by atoms with E-state index in [9.17, 15) is 22.8 Å². The van der Waals surface area contributed by atoms with E-state index in [1.807, 2.05) is 44.2 Å². The molecule has 0 aliphatic carbocycles. The van der Waals surface area contributed by atoms with E-state index in [-0.39, 0.29) is 48.3 Å². The van der Waals surface area contributed by atoms with Gasteiger partial charge in [0.1, 0.15) is 10.9 Å². The quantitative estimate of drug-likeness (QED) is 0.398. The summed E-state index contributed by atoms with van der Waals surface area (Å²) >= 11 is 6.05. The van der Waals surface area contributed by atoms with E-state index in [4.69, 9.17) is 11.6 Å². The summed E-state index contributed by atoms with van der Waals surface area (Å²) in [4.78, 5) is 41.4. The zero-order valence-corrected chi connectivity index (χ0v) is 23.3. The first-order chi connectivity index (χ1) is 18.6. The molecule has 0 fully saturated rings. The zero-order valence-electron chi connectivity index (χ0n) is 21.7. The van der Waals surface area contributed by atoms with E-state index in [1.54, 1.807) is 36.4 Å². The lowest BCUT2D eigenvalue weighted by Gasteiger charge is -2.32. The fraction of sp³-hybridized carbons (Fsp3) is 0.276. The second-order valence-corrected chi connectivity index (χ2v) is 11.9. The van der Waals surface area contributed by atoms with Gasteiger partial charge in [-0.3, -0.25) is 14.4 Å². The number of nitrogens with one attached hydrogen (secondary N) is 1. The van der Waals surface area contributed by atoms with Crippen molar-refractivity contribution in [3.8, 4) is 0 Å². The molecule has 0 saturated carbocycles. The van der Waals surface area contributed by atoms with Crippen molar-refractivity contribution in [2.45, 2.75) is 50.2 Å². The van der Waals surface area contributed by atoms with Crippen LogP contribution in [0.5, 0.6) is 0 Å². The molecule has 1 heterocycles. The minimum atomic E-state index is -4.06. The zero-order chi connectivity index (χ0) is 28.2. The number of benzene rings is 3. The Bertz CT molecular complexity index is 1460. The molecular formula is C29H30ClN3O5S. The van der Waals surface area contributed by atoms with Crippen LogP contribution in [0.25, 0.3) is 0 Å². The molecule has 0 spiro atoms. The fourth-order valence-electron chi connectivity index (χ4n) is 4.51. The van der Waals surface area contributed by atoms with Crippen molar-refractivity contribution in [3.05, 3.63) is 101 Å². The van der Waals surface area contributed by atoms with Crippen LogP contribution in [0.4, 0.5) is 0 Å². The van der Waals surface area contributed by atoms with E-state index >= 15 is 0 Å². The Hall–Kier alpha value is -3.69. The summed E-state index contributed by atoms with van der Waals surface area (Å²) in [5, 5.41) is 3.44. The summed E-state index contributed by atoms with van der Waals surface area (Å²) in [6, 6.07) is 21.2. The molecule has 0 saturated heterocycles. The number of hydrogen-bond donors (Lipinski definition) is 1. The van der Waals surface area contributed by atoms with Crippen LogP contribution in [0.2, 0.25) is 5.02 Å². The van der Waals surface area contributed by atoms with Gasteiger partial charge in [0, 0.05) is 37.0 Å². The van der Waals surface area contributed by atoms with E-state index < -0.39 is 27.9 Å². The summed E-state index contributed by atoms with van der Waals surface area (Å²) in [5.74, 6) is -1.45. The molecule has 1 atom stereocenters. The Morgan fingerprint density at radius 1 is 0.923 bits per heavy atom. The predicted molar refractivity (Wildman–Crippen MR) is 148 cm³/mol. The minimum absolute atomic E-state index is 0.0706. The maximum absolute atomic E-state index is 13.8. The number of sulfonamides is 1. The highest BCUT2D eigenvalue weighted by Gasteiger charge is 2.41. The maximum atomic E-state index is 13.8. The highest BCUT2D eigenvalue weighted by Crippen LogP contribution is 2.30. The van der Waals surface area contributed by atoms with Crippen molar-refractivity contribution in [2.75, 3.05) is 6.54 Å². The molecule has 1 N–H and O–H groups in total. The monoisotopic (exact) mass is 567 g/mol. The molecule has 3 amide bonds. The third-order valence-electron chi connectivity index (χ3n) is 6.41. The van der Waals surface area contributed by atoms with Crippen molar-refractivity contribution in [1.82, 2.24) is 14.5 Å². The molecule has 204 valence electrons. The van der Waals surface area contributed by atoms with E-state index in [0.29, 0.717) is 5.02 Å². The van der Waals surface area contributed by atoms with Gasteiger partial charge < -0.3 is 10.2 Å². The number of nitrogens with zero attached hydrogens (tertiary/aromatic N) is 2. The SMILES string of the molecule is CC(C)NC(=O)C(Cc1ccccc1)N(Cc1ccc(Cl)cc1)C(=O)CCN1C(=O)c2ccccc2S1(=O)=O. The topological polar surface area (TPSA) is 104 Å². The molecule has 1 aliphatic rings. The van der Waals surface area contributed by atoms with E-state index in [2.05, 4.69) is 5.32 Å². The Kier molecular flexibility index (Phi) is 8.72. The van der Waals surface area contributed by atoms with E-state index in [1.165, 1.54) is 17.0 Å². The van der Waals surface area contributed by atoms with Crippen LogP contribution in [-0.4, -0.2) is 54.0 Å². The van der Waals surface area contributed by atoms with Gasteiger partial charge in [-0.1, -0.05) is 66.2 Å². The van der Waals surface area contributed by atoms with Crippen LogP contribution in [0.3, 0.4) is 0 Å². The van der Waals surface area contributed by atoms with Gasteiger partial charge in [-0.05, 0) is 49.2 Å². The molecule has 1 unspecified atom stereocenters. The standard InChI is InChI=1S/C29H30ClN3O5S/c1-20(2)31-28(35)25(18-21-8-4-3-5-9-21)32(19-22-12-14-23(30)15-13-22)27(34)16-17-33-29(36)24-10-6-7-11-26(24)39(33,37)38/h3-15,20,25H,16-19H2,1-2H3,(H,31,35). The number of halogens is 1. The first-order valence-corrected chi connectivity index (χ1v) is 14.4. The molecular weight excluding hydrogens is 538 g/mol. The number of rotatable bonds is 10. The van der Waals surface area contributed by atoms with Crippen molar-refractivity contribution < 1.29 is 22.8 Å². The lowest BCUT2D eigenvalue weighted by Crippen LogP contribution is -2.52. The van der Waals surface area contributed by atoms with Gasteiger partial charge in [-0.2, -0.15) is 0 Å². The molecule has 10 heteroatoms. The largest absolute Gasteiger partial charge is 0.352 e. The second kappa shape index (κ2) is 12.0. The Morgan fingerprint density at radius 3 is 2.21 bits per heavy atom. The number of fused-ring (bicyclic) bond motifs is 1. The maximum Gasteiger partial charge on any atom is 0.269 e. The average molecular weight is 568 g/mol. The van der Waals surface area contributed by atoms with Gasteiger partial charge in [0.15, 0.2) is 0 Å². The van der Waals surface area contributed by atoms with Gasteiger partial charge in [-0.15, -0.1) is 0 Å². The summed E-state index contributed by atoms with van der Waals surface area (Å²) in [5.41, 5.74) is 1.70. The van der Waals surface area contributed by atoms with Crippen molar-refractivity contribution in [3.63, 3.8) is 0 Å². The van der Waals surface area contributed by atoms with Gasteiger partial charge in [0.05, 0.1) is 5.56 Å². The summed E-state index contributed by atoms with van der Waals surface area (Å²) < 4.78 is 26.7. The van der Waals surface area contributed by atoms with Crippen LogP contribution in [0, 0.1) is 0 Å². The molecule has 3 aromatic carbocycles. The highest BCUT2D eigenvalue weighted by atomic mass is 35.5. The molecule has 3 aromatic rings. The fourth-order valence-corrected chi connectivity index (χ4v) is 6.21. The van der Waals surface area contributed by atoms with Gasteiger partial charge in [0.2, 0.25) is 11.8 Å². The van der Waals surface area contributed by atoms with Crippen LogP contribution >= 0.6 is 11.6 Å². The predicted octanol–water partition coefficient (Wildman–Crippen LogP) is 4.04. The Labute approximate surface area is 233 Å². The lowest BCUT2D eigenvalue weighted by atomic mass is 10.0. The molecule has 39 heavy (non-hydrogen) atoms. The van der Waals surface area contributed by atoms with Crippen molar-refractivity contribution >= 4 is 39.3 Å². The third-order valence-corrected chi connectivity index (χ3v) is 8.50. The number of carbonyl (C=O) groups is 3. The summed E-state index contributed by atoms with van der Waals surface area (Å²) in [7, 11) is -4.06. The smallest absolute Gasteiger partial charge is 0.269 e. The van der Waals surface area contributed by atoms with Crippen LogP contribution in [-0.2, 0) is 32.6 Å². The Balaban J connectivity index is 1.63. The van der Waals surface area contributed by atoms with Crippen LogP contribution < -0.4 is 5.32 Å². The van der Waals surface area contributed by atoms with Crippen molar-refractivity contribution in [2.24, 2.45) is 0 Å². The molecule has 0 radical (unpaired) electrons. The summed E-state index contributed by atoms with van der Waals surface area (Å²) in [6.45, 7) is 3.43. The minimum Gasteiger partial charge on any atom is -0.352 e. The van der Waals surface area contributed by atoms with Crippen LogP contribution in [0.1, 0.15) is 41.8 Å². The van der Waals surface area contributed by atoms with Gasteiger partial charge in [-0.25, -0.2) is 12.7 Å². The molecule has 0 bridgehead atoms. The summed E-state index contributed by atoms with van der Waals surface area (Å²) in [6.07, 6.45) is -0.0299. The first kappa shape index (κ1) is 28.3. The van der Waals surface area contributed by atoms with Gasteiger partial charge in [0.25, 0.3) is 15.9 Å². The van der Waals surface area contributed by atoms with Crippen LogP contribution in [0.15, 0.2) is 83.8 Å². The van der Waals surface area contributed by atoms with Gasteiger partial charge >= 0.3 is 0 Å². The molecule has 4 rings (SSSR count). The molecule has 1 aliphatic heterocycles. The molecule has 0 aromatic heterocycles. The van der Waals surface area contributed by atoms with Crippen molar-refractivity contribution in [1.29, 1.82) is 0 Å². The van der Waals surface area contributed by atoms with E-state index in [0.717, 1.165) is 15.4 Å². The second-order valence-electron chi connectivity index (χ2n) is 9.65. The normalized spacial score (nSPS) is 14.7. The molecule has 8 nitrogen and oxygen atoms in total. The number of carbonyl (C=O) groups excluding carboxylic acids is 3.